The highest BCUT2D eigenvalue weighted by Gasteiger charge is 2.02. The Hall–Kier alpha value is -1.75. The summed E-state index contributed by atoms with van der Waals surface area (Å²) in [6.45, 7) is 5.88. The van der Waals surface area contributed by atoms with Crippen LogP contribution < -0.4 is 5.32 Å². The smallest absolute Gasteiger partial charge is 0.155 e. The molecule has 0 spiro atoms. The molecule has 2 aromatic heterocycles. The van der Waals surface area contributed by atoms with Crippen LogP contribution in [0, 0.1) is 6.92 Å². The first-order valence-corrected chi connectivity index (χ1v) is 5.33. The summed E-state index contributed by atoms with van der Waals surface area (Å²) in [6, 6.07) is 4.09. The zero-order valence-corrected chi connectivity index (χ0v) is 9.51. The summed E-state index contributed by atoms with van der Waals surface area (Å²) >= 11 is 0. The van der Waals surface area contributed by atoms with Crippen molar-refractivity contribution in [3.63, 3.8) is 0 Å². The molecule has 0 bridgehead atoms. The molecule has 0 saturated carbocycles. The van der Waals surface area contributed by atoms with E-state index in [0.717, 1.165) is 24.6 Å². The third kappa shape index (κ3) is 2.43. The summed E-state index contributed by atoms with van der Waals surface area (Å²) in [6.07, 6.45) is 3.16. The number of aromatic nitrogens is 4. The Kier molecular flexibility index (Phi) is 3.26. The first-order chi connectivity index (χ1) is 7.79. The van der Waals surface area contributed by atoms with Gasteiger partial charge in [-0.2, -0.15) is 5.10 Å². The van der Waals surface area contributed by atoms with Gasteiger partial charge in [-0.05, 0) is 31.2 Å². The summed E-state index contributed by atoms with van der Waals surface area (Å²) in [5, 5.41) is 7.36. The summed E-state index contributed by atoms with van der Waals surface area (Å²) in [5.74, 6) is 0.811. The van der Waals surface area contributed by atoms with Crippen molar-refractivity contribution in [3.8, 4) is 5.82 Å². The summed E-state index contributed by atoms with van der Waals surface area (Å²) in [4.78, 5) is 8.33. The molecule has 0 saturated heterocycles. The Morgan fingerprint density at radius 1 is 1.38 bits per heavy atom. The highest BCUT2D eigenvalue weighted by Crippen LogP contribution is 2.08. The van der Waals surface area contributed by atoms with E-state index in [2.05, 4.69) is 33.4 Å². The molecule has 0 amide bonds. The molecule has 0 aromatic carbocycles. The minimum atomic E-state index is 0.811. The minimum Gasteiger partial charge on any atom is -0.313 e. The van der Waals surface area contributed by atoms with E-state index in [-0.39, 0.29) is 0 Å². The Bertz CT molecular complexity index is 449. The van der Waals surface area contributed by atoms with E-state index in [4.69, 9.17) is 0 Å². The molecule has 0 fully saturated rings. The zero-order valence-electron chi connectivity index (χ0n) is 9.51. The van der Waals surface area contributed by atoms with E-state index < -0.39 is 0 Å². The van der Waals surface area contributed by atoms with Gasteiger partial charge < -0.3 is 5.32 Å². The second-order valence-corrected chi connectivity index (χ2v) is 3.60. The van der Waals surface area contributed by atoms with Crippen molar-refractivity contribution < 1.29 is 0 Å². The quantitative estimate of drug-likeness (QED) is 0.832. The van der Waals surface area contributed by atoms with Crippen LogP contribution in [0.3, 0.4) is 0 Å². The first kappa shape index (κ1) is 10.8. The molecule has 0 unspecified atom stereocenters. The maximum Gasteiger partial charge on any atom is 0.155 e. The molecule has 16 heavy (non-hydrogen) atoms. The van der Waals surface area contributed by atoms with E-state index in [1.165, 1.54) is 11.9 Å². The van der Waals surface area contributed by atoms with E-state index in [0.29, 0.717) is 0 Å². The van der Waals surface area contributed by atoms with Gasteiger partial charge >= 0.3 is 0 Å². The molecule has 0 aliphatic heterocycles. The van der Waals surface area contributed by atoms with Gasteiger partial charge in [-0.15, -0.1) is 0 Å². The molecule has 5 nitrogen and oxygen atoms in total. The van der Waals surface area contributed by atoms with E-state index >= 15 is 0 Å². The number of pyridine rings is 1. The number of nitrogens with zero attached hydrogens (tertiary/aromatic N) is 4. The lowest BCUT2D eigenvalue weighted by atomic mass is 10.2. The first-order valence-electron chi connectivity index (χ1n) is 5.33. The van der Waals surface area contributed by atoms with Gasteiger partial charge in [0.15, 0.2) is 5.82 Å². The Morgan fingerprint density at radius 3 is 2.94 bits per heavy atom. The van der Waals surface area contributed by atoms with Crippen LogP contribution >= 0.6 is 0 Å². The number of rotatable bonds is 4. The predicted octanol–water partition coefficient (Wildman–Crippen LogP) is 1.08. The van der Waals surface area contributed by atoms with Crippen molar-refractivity contribution in [1.82, 2.24) is 25.1 Å². The average Bonchev–Trinajstić information content (AvgIpc) is 2.79. The summed E-state index contributed by atoms with van der Waals surface area (Å²) in [7, 11) is 0. The standard InChI is InChI=1S/C11H15N5/c1-3-12-6-10-4-9(2)15-11(5-10)16-8-13-7-14-16/h4-5,7-8,12H,3,6H2,1-2H3. The predicted molar refractivity (Wildman–Crippen MR) is 61.3 cm³/mol. The van der Waals surface area contributed by atoms with Gasteiger partial charge in [-0.1, -0.05) is 6.92 Å². The van der Waals surface area contributed by atoms with Crippen molar-refractivity contribution in [1.29, 1.82) is 0 Å². The van der Waals surface area contributed by atoms with Crippen molar-refractivity contribution in [3.05, 3.63) is 36.0 Å². The lowest BCUT2D eigenvalue weighted by molar-refractivity contribution is 0.721. The normalized spacial score (nSPS) is 10.6. The van der Waals surface area contributed by atoms with Crippen LogP contribution in [0.4, 0.5) is 0 Å². The topological polar surface area (TPSA) is 55.6 Å². The lowest BCUT2D eigenvalue weighted by Crippen LogP contribution is -2.12. The molecular weight excluding hydrogens is 202 g/mol. The summed E-state index contributed by atoms with van der Waals surface area (Å²) < 4.78 is 1.67. The van der Waals surface area contributed by atoms with Crippen LogP contribution in [-0.4, -0.2) is 26.3 Å². The number of nitrogens with one attached hydrogen (secondary N) is 1. The average molecular weight is 217 g/mol. The van der Waals surface area contributed by atoms with E-state index in [1.807, 2.05) is 13.0 Å². The lowest BCUT2D eigenvalue weighted by Gasteiger charge is -2.06. The van der Waals surface area contributed by atoms with Gasteiger partial charge in [0.25, 0.3) is 0 Å². The summed E-state index contributed by atoms with van der Waals surface area (Å²) in [5.41, 5.74) is 2.20. The van der Waals surface area contributed by atoms with Crippen molar-refractivity contribution in [2.24, 2.45) is 0 Å². The Labute approximate surface area is 94.5 Å². The Balaban J connectivity index is 2.29. The van der Waals surface area contributed by atoms with Crippen LogP contribution in [0.25, 0.3) is 5.82 Å². The number of hydrogen-bond acceptors (Lipinski definition) is 4. The van der Waals surface area contributed by atoms with Gasteiger partial charge in [0.2, 0.25) is 0 Å². The van der Waals surface area contributed by atoms with Gasteiger partial charge in [0.05, 0.1) is 0 Å². The fraction of sp³-hybridized carbons (Fsp3) is 0.364. The molecule has 2 rings (SSSR count). The number of aryl methyl sites for hydroxylation is 1. The highest BCUT2D eigenvalue weighted by molar-refractivity contribution is 5.29. The monoisotopic (exact) mass is 217 g/mol. The molecule has 2 heterocycles. The fourth-order valence-electron chi connectivity index (χ4n) is 1.54. The maximum atomic E-state index is 4.42. The third-order valence-electron chi connectivity index (χ3n) is 2.23. The zero-order chi connectivity index (χ0) is 11.4. The second kappa shape index (κ2) is 4.85. The second-order valence-electron chi connectivity index (χ2n) is 3.60. The van der Waals surface area contributed by atoms with Crippen LogP contribution in [0.2, 0.25) is 0 Å². The SMILES string of the molecule is CCNCc1cc(C)nc(-n2cncn2)c1. The molecular formula is C11H15N5. The molecule has 0 aliphatic carbocycles. The minimum absolute atomic E-state index is 0.811. The fourth-order valence-corrected chi connectivity index (χ4v) is 1.54. The molecule has 2 aromatic rings. The molecule has 5 heteroatoms. The van der Waals surface area contributed by atoms with Crippen LogP contribution in [0.1, 0.15) is 18.2 Å². The number of hydrogen-bond donors (Lipinski definition) is 1. The third-order valence-corrected chi connectivity index (χ3v) is 2.23. The Morgan fingerprint density at radius 2 is 2.25 bits per heavy atom. The van der Waals surface area contributed by atoms with Crippen molar-refractivity contribution in [2.45, 2.75) is 20.4 Å². The molecule has 0 aliphatic rings. The van der Waals surface area contributed by atoms with Gasteiger partial charge in [0, 0.05) is 12.2 Å². The molecule has 84 valence electrons. The van der Waals surface area contributed by atoms with E-state index in [1.54, 1.807) is 11.0 Å². The van der Waals surface area contributed by atoms with Crippen LogP contribution in [0.15, 0.2) is 24.8 Å². The molecule has 0 radical (unpaired) electrons. The van der Waals surface area contributed by atoms with Crippen LogP contribution in [-0.2, 0) is 6.54 Å². The van der Waals surface area contributed by atoms with Gasteiger partial charge in [0.1, 0.15) is 12.7 Å². The van der Waals surface area contributed by atoms with E-state index in [9.17, 15) is 0 Å². The molecule has 1 N–H and O–H groups in total. The van der Waals surface area contributed by atoms with Crippen molar-refractivity contribution >= 4 is 0 Å². The van der Waals surface area contributed by atoms with Crippen LogP contribution in [0.5, 0.6) is 0 Å². The van der Waals surface area contributed by atoms with Crippen molar-refractivity contribution in [2.75, 3.05) is 6.54 Å². The maximum absolute atomic E-state index is 4.42. The highest BCUT2D eigenvalue weighted by atomic mass is 15.3. The largest absolute Gasteiger partial charge is 0.313 e. The molecule has 0 atom stereocenters. The van der Waals surface area contributed by atoms with Gasteiger partial charge in [-0.25, -0.2) is 14.6 Å². The van der Waals surface area contributed by atoms with Gasteiger partial charge in [-0.3, -0.25) is 0 Å².